The number of carbonyl (C=O) groups excluding carboxylic acids is 1. The van der Waals surface area contributed by atoms with E-state index in [9.17, 15) is 14.1 Å². The Morgan fingerprint density at radius 2 is 1.95 bits per heavy atom. The number of rotatable bonds is 4. The molecular weight excluding hydrogens is 274 g/mol. The molecule has 0 aliphatic carbocycles. The second-order valence-electron chi connectivity index (χ2n) is 4.39. The van der Waals surface area contributed by atoms with Gasteiger partial charge in [-0.25, -0.2) is 0 Å². The molecule has 1 atom stereocenters. The molecule has 0 aliphatic rings. The molecule has 1 unspecified atom stereocenters. The highest BCUT2D eigenvalue weighted by molar-refractivity contribution is 7.83. The Hall–Kier alpha value is -2.14. The van der Waals surface area contributed by atoms with Gasteiger partial charge in [-0.05, 0) is 29.8 Å². The SMILES string of the molecule is CS(=O)Cc1cccc(C(=O)Nc2ccccc2O)c1. The summed E-state index contributed by atoms with van der Waals surface area (Å²) in [5.41, 5.74) is 1.67. The fourth-order valence-electron chi connectivity index (χ4n) is 1.81. The molecule has 4 nitrogen and oxygen atoms in total. The zero-order valence-electron chi connectivity index (χ0n) is 11.0. The van der Waals surface area contributed by atoms with Crippen LogP contribution in [0.25, 0.3) is 0 Å². The van der Waals surface area contributed by atoms with Crippen molar-refractivity contribution in [3.8, 4) is 5.75 Å². The van der Waals surface area contributed by atoms with E-state index < -0.39 is 10.8 Å². The molecule has 0 radical (unpaired) electrons. The molecule has 1 amide bonds. The number of hydrogen-bond acceptors (Lipinski definition) is 3. The quantitative estimate of drug-likeness (QED) is 0.850. The Labute approximate surface area is 119 Å². The highest BCUT2D eigenvalue weighted by Gasteiger charge is 2.09. The Morgan fingerprint density at radius 1 is 1.20 bits per heavy atom. The molecule has 0 aromatic heterocycles. The zero-order chi connectivity index (χ0) is 14.5. The Morgan fingerprint density at radius 3 is 2.65 bits per heavy atom. The lowest BCUT2D eigenvalue weighted by Gasteiger charge is -2.08. The van der Waals surface area contributed by atoms with Crippen molar-refractivity contribution in [3.05, 3.63) is 59.7 Å². The smallest absolute Gasteiger partial charge is 0.255 e. The van der Waals surface area contributed by atoms with E-state index >= 15 is 0 Å². The standard InChI is InChI=1S/C15H15NO3S/c1-20(19)10-11-5-4-6-12(9-11)15(18)16-13-7-2-3-8-14(13)17/h2-9,17H,10H2,1H3,(H,16,18). The maximum absolute atomic E-state index is 12.1. The van der Waals surface area contributed by atoms with Gasteiger partial charge in [0.25, 0.3) is 5.91 Å². The van der Waals surface area contributed by atoms with Crippen LogP contribution in [0.3, 0.4) is 0 Å². The van der Waals surface area contributed by atoms with E-state index in [1.54, 1.807) is 42.7 Å². The number of benzene rings is 2. The van der Waals surface area contributed by atoms with Crippen molar-refractivity contribution in [1.82, 2.24) is 0 Å². The van der Waals surface area contributed by atoms with Crippen LogP contribution in [0, 0.1) is 0 Å². The maximum Gasteiger partial charge on any atom is 0.255 e. The number of hydrogen-bond donors (Lipinski definition) is 2. The molecule has 2 N–H and O–H groups in total. The van der Waals surface area contributed by atoms with E-state index in [-0.39, 0.29) is 11.7 Å². The summed E-state index contributed by atoms with van der Waals surface area (Å²) in [5, 5.41) is 12.3. The molecule has 2 rings (SSSR count). The van der Waals surface area contributed by atoms with Gasteiger partial charge in [-0.1, -0.05) is 24.3 Å². The fraction of sp³-hybridized carbons (Fsp3) is 0.133. The van der Waals surface area contributed by atoms with Crippen LogP contribution in [0.4, 0.5) is 5.69 Å². The van der Waals surface area contributed by atoms with Gasteiger partial charge in [0.15, 0.2) is 0 Å². The Balaban J connectivity index is 2.17. The third kappa shape index (κ3) is 3.68. The summed E-state index contributed by atoms with van der Waals surface area (Å²) < 4.78 is 11.2. The van der Waals surface area contributed by atoms with Gasteiger partial charge in [-0.3, -0.25) is 9.00 Å². The zero-order valence-corrected chi connectivity index (χ0v) is 11.8. The average molecular weight is 289 g/mol. The first-order valence-electron chi connectivity index (χ1n) is 6.04. The van der Waals surface area contributed by atoms with Crippen LogP contribution in [0.2, 0.25) is 0 Å². The number of phenolic OH excluding ortho intramolecular Hbond substituents is 1. The van der Waals surface area contributed by atoms with Gasteiger partial charge in [-0.2, -0.15) is 0 Å². The van der Waals surface area contributed by atoms with E-state index in [4.69, 9.17) is 0 Å². The first kappa shape index (κ1) is 14.3. The van der Waals surface area contributed by atoms with E-state index in [1.165, 1.54) is 6.07 Å². The largest absolute Gasteiger partial charge is 0.506 e. The van der Waals surface area contributed by atoms with Crippen LogP contribution in [-0.4, -0.2) is 21.5 Å². The molecule has 0 saturated heterocycles. The van der Waals surface area contributed by atoms with Crippen molar-refractivity contribution in [2.75, 3.05) is 11.6 Å². The van der Waals surface area contributed by atoms with Crippen LogP contribution in [0.5, 0.6) is 5.75 Å². The predicted octanol–water partition coefficient (Wildman–Crippen LogP) is 2.52. The topological polar surface area (TPSA) is 66.4 Å². The van der Waals surface area contributed by atoms with Gasteiger partial charge in [0.05, 0.1) is 5.69 Å². The first-order valence-corrected chi connectivity index (χ1v) is 7.77. The molecule has 0 aliphatic heterocycles. The van der Waals surface area contributed by atoms with Gasteiger partial charge in [0, 0.05) is 28.4 Å². The van der Waals surface area contributed by atoms with Gasteiger partial charge >= 0.3 is 0 Å². The van der Waals surface area contributed by atoms with Crippen molar-refractivity contribution >= 4 is 22.4 Å². The van der Waals surface area contributed by atoms with Crippen molar-refractivity contribution in [3.63, 3.8) is 0 Å². The third-order valence-electron chi connectivity index (χ3n) is 2.71. The second kappa shape index (κ2) is 6.34. The summed E-state index contributed by atoms with van der Waals surface area (Å²) in [6.07, 6.45) is 1.62. The van der Waals surface area contributed by atoms with E-state index in [0.29, 0.717) is 17.0 Å². The number of phenols is 1. The lowest BCUT2D eigenvalue weighted by atomic mass is 10.1. The Kier molecular flexibility index (Phi) is 4.53. The van der Waals surface area contributed by atoms with E-state index in [1.807, 2.05) is 6.07 Å². The maximum atomic E-state index is 12.1. The lowest BCUT2D eigenvalue weighted by Crippen LogP contribution is -2.12. The molecule has 0 bridgehead atoms. The summed E-state index contributed by atoms with van der Waals surface area (Å²) >= 11 is 0. The summed E-state index contributed by atoms with van der Waals surface area (Å²) in [6.45, 7) is 0. The van der Waals surface area contributed by atoms with Crippen LogP contribution < -0.4 is 5.32 Å². The molecule has 0 saturated carbocycles. The van der Waals surface area contributed by atoms with Crippen LogP contribution in [-0.2, 0) is 16.6 Å². The number of anilines is 1. The lowest BCUT2D eigenvalue weighted by molar-refractivity contribution is 0.102. The van der Waals surface area contributed by atoms with Gasteiger partial charge in [-0.15, -0.1) is 0 Å². The third-order valence-corrected chi connectivity index (χ3v) is 3.45. The molecular formula is C15H15NO3S. The average Bonchev–Trinajstić information content (AvgIpc) is 2.41. The minimum Gasteiger partial charge on any atom is -0.506 e. The summed E-state index contributed by atoms with van der Waals surface area (Å²) in [6, 6.07) is 13.5. The Bertz CT molecular complexity index is 655. The number of amides is 1. The summed E-state index contributed by atoms with van der Waals surface area (Å²) in [5.74, 6) is 0.124. The normalized spacial score (nSPS) is 11.8. The highest BCUT2D eigenvalue weighted by Crippen LogP contribution is 2.22. The molecule has 2 aromatic rings. The van der Waals surface area contributed by atoms with Crippen molar-refractivity contribution in [2.24, 2.45) is 0 Å². The molecule has 20 heavy (non-hydrogen) atoms. The number of nitrogens with one attached hydrogen (secondary N) is 1. The van der Waals surface area contributed by atoms with Gasteiger partial charge in [0.2, 0.25) is 0 Å². The number of aromatic hydroxyl groups is 1. The minimum absolute atomic E-state index is 0.0201. The van der Waals surface area contributed by atoms with Gasteiger partial charge in [0.1, 0.15) is 5.75 Å². The van der Waals surface area contributed by atoms with Crippen LogP contribution >= 0.6 is 0 Å². The summed E-state index contributed by atoms with van der Waals surface area (Å²) in [4.78, 5) is 12.1. The first-order chi connectivity index (χ1) is 9.56. The van der Waals surface area contributed by atoms with Crippen molar-refractivity contribution in [1.29, 1.82) is 0 Å². The molecule has 5 heteroatoms. The molecule has 2 aromatic carbocycles. The second-order valence-corrected chi connectivity index (χ2v) is 5.82. The van der Waals surface area contributed by atoms with Crippen LogP contribution in [0.15, 0.2) is 48.5 Å². The number of carbonyl (C=O) groups is 1. The van der Waals surface area contributed by atoms with Crippen molar-refractivity contribution < 1.29 is 14.1 Å². The van der Waals surface area contributed by atoms with Gasteiger partial charge < -0.3 is 10.4 Å². The molecule has 104 valence electrons. The number of para-hydroxylation sites is 2. The minimum atomic E-state index is -0.951. The van der Waals surface area contributed by atoms with E-state index in [2.05, 4.69) is 5.32 Å². The molecule has 0 spiro atoms. The molecule has 0 fully saturated rings. The summed E-state index contributed by atoms with van der Waals surface area (Å²) in [7, 11) is -0.951. The monoisotopic (exact) mass is 289 g/mol. The predicted molar refractivity (Wildman–Crippen MR) is 80.3 cm³/mol. The van der Waals surface area contributed by atoms with E-state index in [0.717, 1.165) is 5.56 Å². The van der Waals surface area contributed by atoms with Crippen molar-refractivity contribution in [2.45, 2.75) is 5.75 Å². The highest BCUT2D eigenvalue weighted by atomic mass is 32.2. The molecule has 0 heterocycles. The van der Waals surface area contributed by atoms with Crippen LogP contribution in [0.1, 0.15) is 15.9 Å². The fourth-order valence-corrected chi connectivity index (χ4v) is 2.46.